The largest absolute Gasteiger partial charge is 0.465 e. The zero-order valence-corrected chi connectivity index (χ0v) is 26.3. The second-order valence-electron chi connectivity index (χ2n) is 11.3. The summed E-state index contributed by atoms with van der Waals surface area (Å²) in [5, 5.41) is 18.6. The van der Waals surface area contributed by atoms with Crippen LogP contribution in [0.5, 0.6) is 0 Å². The Morgan fingerprint density at radius 2 is 1.88 bits per heavy atom. The van der Waals surface area contributed by atoms with Crippen LogP contribution in [0.3, 0.4) is 0 Å². The van der Waals surface area contributed by atoms with E-state index in [-0.39, 0.29) is 28.2 Å². The summed E-state index contributed by atoms with van der Waals surface area (Å²) in [5.74, 6) is 0.494. The first-order valence-corrected chi connectivity index (χ1v) is 14.9. The number of hydrogen-bond acceptors (Lipinski definition) is 7. The Labute approximate surface area is 255 Å². The predicted molar refractivity (Wildman–Crippen MR) is 168 cm³/mol. The SMILES string of the molecule is Cc1ccc2n[nH]c(I)c2c1-c1c(Cl)cc2c(N3C[C@@H](C)N(C(=O)O)C[C@@H]3C)nc(N3CC(N(C)C)C3)nc2c1F. The number of rotatable bonds is 4. The molecule has 1 amide bonds. The number of aryl methyl sites for hydroxylation is 1. The first-order valence-electron chi connectivity index (χ1n) is 13.5. The van der Waals surface area contributed by atoms with Gasteiger partial charge in [-0.05, 0) is 75.2 Å². The van der Waals surface area contributed by atoms with Gasteiger partial charge in [-0.3, -0.25) is 5.10 Å². The van der Waals surface area contributed by atoms with E-state index in [1.54, 1.807) is 6.07 Å². The normalized spacial score (nSPS) is 20.0. The quantitative estimate of drug-likeness (QED) is 0.281. The third kappa shape index (κ3) is 4.63. The fraction of sp³-hybridized carbons (Fsp3) is 0.429. The molecule has 0 radical (unpaired) electrons. The van der Waals surface area contributed by atoms with Gasteiger partial charge in [-0.25, -0.2) is 14.2 Å². The van der Waals surface area contributed by atoms with Crippen LogP contribution in [0.1, 0.15) is 19.4 Å². The Morgan fingerprint density at radius 3 is 2.56 bits per heavy atom. The van der Waals surface area contributed by atoms with Crippen molar-refractivity contribution < 1.29 is 14.3 Å². The van der Waals surface area contributed by atoms with Gasteiger partial charge in [0.15, 0.2) is 5.82 Å². The van der Waals surface area contributed by atoms with Crippen molar-refractivity contribution in [2.24, 2.45) is 0 Å². The first kappa shape index (κ1) is 28.2. The lowest BCUT2D eigenvalue weighted by Crippen LogP contribution is -2.59. The number of benzene rings is 2. The number of likely N-dealkylation sites (N-methyl/N-ethyl adjacent to an activating group) is 1. The molecule has 41 heavy (non-hydrogen) atoms. The molecule has 4 aromatic rings. The number of H-pyrrole nitrogens is 1. The van der Waals surface area contributed by atoms with E-state index in [0.717, 1.165) is 33.3 Å². The molecular formula is C28H31ClFIN8O2. The van der Waals surface area contributed by atoms with Gasteiger partial charge in [0.05, 0.1) is 10.5 Å². The lowest BCUT2D eigenvalue weighted by Gasteiger charge is -2.45. The summed E-state index contributed by atoms with van der Waals surface area (Å²) in [5.41, 5.74) is 2.75. The van der Waals surface area contributed by atoms with Gasteiger partial charge >= 0.3 is 6.09 Å². The lowest BCUT2D eigenvalue weighted by molar-refractivity contribution is 0.114. The average molecular weight is 693 g/mol. The highest BCUT2D eigenvalue weighted by Gasteiger charge is 2.36. The summed E-state index contributed by atoms with van der Waals surface area (Å²) in [6.07, 6.45) is -0.954. The monoisotopic (exact) mass is 692 g/mol. The number of carbonyl (C=O) groups is 1. The maximum Gasteiger partial charge on any atom is 0.407 e. The van der Waals surface area contributed by atoms with Crippen LogP contribution in [0, 0.1) is 16.4 Å². The van der Waals surface area contributed by atoms with E-state index in [4.69, 9.17) is 21.6 Å². The Kier molecular flexibility index (Phi) is 7.13. The van der Waals surface area contributed by atoms with Crippen LogP contribution in [-0.2, 0) is 0 Å². The molecule has 13 heteroatoms. The first-order chi connectivity index (χ1) is 19.5. The number of halogens is 3. The molecule has 2 N–H and O–H groups in total. The van der Waals surface area contributed by atoms with Crippen LogP contribution in [0.25, 0.3) is 32.9 Å². The van der Waals surface area contributed by atoms with Gasteiger partial charge in [0.25, 0.3) is 0 Å². The fourth-order valence-corrected chi connectivity index (χ4v) is 6.84. The summed E-state index contributed by atoms with van der Waals surface area (Å²) < 4.78 is 17.7. The van der Waals surface area contributed by atoms with Gasteiger partial charge < -0.3 is 24.7 Å². The van der Waals surface area contributed by atoms with Crippen molar-refractivity contribution >= 4 is 73.9 Å². The second kappa shape index (κ2) is 10.4. The average Bonchev–Trinajstić information content (AvgIpc) is 3.25. The Morgan fingerprint density at radius 1 is 1.15 bits per heavy atom. The van der Waals surface area contributed by atoms with Crippen molar-refractivity contribution in [3.8, 4) is 11.1 Å². The van der Waals surface area contributed by atoms with E-state index < -0.39 is 11.9 Å². The third-order valence-electron chi connectivity index (χ3n) is 8.37. The van der Waals surface area contributed by atoms with Crippen molar-refractivity contribution in [3.63, 3.8) is 0 Å². The number of aromatic amines is 1. The van der Waals surface area contributed by atoms with Gasteiger partial charge in [0.1, 0.15) is 15.0 Å². The smallest absolute Gasteiger partial charge is 0.407 e. The van der Waals surface area contributed by atoms with Gasteiger partial charge in [-0.15, -0.1) is 0 Å². The molecule has 0 saturated carbocycles. The zero-order valence-electron chi connectivity index (χ0n) is 23.4. The molecule has 2 fully saturated rings. The topological polar surface area (TPSA) is 105 Å². The van der Waals surface area contributed by atoms with E-state index in [1.165, 1.54) is 4.90 Å². The minimum atomic E-state index is -0.954. The van der Waals surface area contributed by atoms with E-state index in [2.05, 4.69) is 42.6 Å². The van der Waals surface area contributed by atoms with Crippen LogP contribution in [-0.4, -0.2) is 99.6 Å². The van der Waals surface area contributed by atoms with Gasteiger partial charge in [-0.2, -0.15) is 10.1 Å². The standard InChI is InChI=1S/C28H31ClFIN8O2/c1-13-6-7-19-22(25(31)35-34-19)20(13)21-18(29)8-17-24(23(21)30)32-27(37-11-16(12-37)36(4)5)33-26(17)38-9-15(3)39(28(40)41)10-14(38)2/h6-8,14-16H,9-12H2,1-5H3,(H,34,35)(H,40,41)/t14-,15+/m0/s1. The molecule has 2 atom stereocenters. The Balaban J connectivity index is 1.57. The molecule has 2 aromatic carbocycles. The zero-order chi connectivity index (χ0) is 29.3. The number of amides is 1. The molecule has 2 aliphatic heterocycles. The molecule has 6 rings (SSSR count). The molecule has 0 bridgehead atoms. The molecule has 10 nitrogen and oxygen atoms in total. The molecule has 2 aliphatic rings. The molecule has 216 valence electrons. The molecule has 0 spiro atoms. The summed E-state index contributed by atoms with van der Waals surface area (Å²) in [4.78, 5) is 29.3. The maximum absolute atomic E-state index is 16.9. The highest BCUT2D eigenvalue weighted by atomic mass is 127. The van der Waals surface area contributed by atoms with Gasteiger partial charge in [-0.1, -0.05) is 17.7 Å². The minimum Gasteiger partial charge on any atom is -0.465 e. The lowest BCUT2D eigenvalue weighted by atomic mass is 9.95. The van der Waals surface area contributed by atoms with E-state index >= 15 is 4.39 Å². The number of hydrogen-bond donors (Lipinski definition) is 2. The summed E-state index contributed by atoms with van der Waals surface area (Å²) >= 11 is 9.09. The number of aromatic nitrogens is 4. The van der Waals surface area contributed by atoms with E-state index in [0.29, 0.717) is 41.8 Å². The van der Waals surface area contributed by atoms with E-state index in [9.17, 15) is 9.90 Å². The highest BCUT2D eigenvalue weighted by Crippen LogP contribution is 2.44. The Bertz CT molecular complexity index is 1690. The van der Waals surface area contributed by atoms with Crippen LogP contribution < -0.4 is 9.80 Å². The van der Waals surface area contributed by atoms with Crippen LogP contribution in [0.2, 0.25) is 5.02 Å². The molecule has 2 aromatic heterocycles. The number of nitrogens with one attached hydrogen (secondary N) is 1. The van der Waals surface area contributed by atoms with Crippen molar-refractivity contribution in [3.05, 3.63) is 38.3 Å². The second-order valence-corrected chi connectivity index (χ2v) is 12.8. The molecule has 0 aliphatic carbocycles. The molecular weight excluding hydrogens is 662 g/mol. The van der Waals surface area contributed by atoms with E-state index in [1.807, 2.05) is 51.9 Å². The van der Waals surface area contributed by atoms with Gasteiger partial charge in [0.2, 0.25) is 5.95 Å². The predicted octanol–water partition coefficient (Wildman–Crippen LogP) is 5.21. The summed E-state index contributed by atoms with van der Waals surface area (Å²) in [7, 11) is 4.07. The summed E-state index contributed by atoms with van der Waals surface area (Å²) in [6, 6.07) is 5.45. The van der Waals surface area contributed by atoms with Crippen molar-refractivity contribution in [1.82, 2.24) is 30.0 Å². The third-order valence-corrected chi connectivity index (χ3v) is 9.44. The van der Waals surface area contributed by atoms with Crippen molar-refractivity contribution in [2.45, 2.75) is 38.9 Å². The summed E-state index contributed by atoms with van der Waals surface area (Å²) in [6.45, 7) is 7.93. The number of anilines is 2. The number of nitrogens with zero attached hydrogens (tertiary/aromatic N) is 7. The van der Waals surface area contributed by atoms with Gasteiger partial charge in [0, 0.05) is 66.2 Å². The molecule has 2 saturated heterocycles. The fourth-order valence-electron chi connectivity index (χ4n) is 5.89. The highest BCUT2D eigenvalue weighted by molar-refractivity contribution is 14.1. The van der Waals surface area contributed by atoms with Crippen molar-refractivity contribution in [2.75, 3.05) is 50.1 Å². The Hall–Kier alpha value is -2.97. The van der Waals surface area contributed by atoms with Crippen LogP contribution in [0.15, 0.2) is 18.2 Å². The number of carboxylic acid groups (broad SMARTS) is 1. The molecule has 4 heterocycles. The van der Waals surface area contributed by atoms with Crippen LogP contribution >= 0.6 is 34.2 Å². The number of piperazine rings is 1. The van der Waals surface area contributed by atoms with Crippen molar-refractivity contribution in [1.29, 1.82) is 0 Å². The minimum absolute atomic E-state index is 0.188. The number of fused-ring (bicyclic) bond motifs is 2. The van der Waals surface area contributed by atoms with Crippen LogP contribution in [0.4, 0.5) is 21.0 Å². The maximum atomic E-state index is 16.9. The molecule has 0 unspecified atom stereocenters.